The van der Waals surface area contributed by atoms with E-state index in [1.807, 2.05) is 0 Å². The third-order valence-electron chi connectivity index (χ3n) is 19.6. The van der Waals surface area contributed by atoms with Gasteiger partial charge < -0.3 is 45.6 Å². The van der Waals surface area contributed by atoms with Crippen molar-refractivity contribution in [3.8, 4) is 0 Å². The van der Waals surface area contributed by atoms with Gasteiger partial charge in [-0.15, -0.1) is 0 Å². The van der Waals surface area contributed by atoms with Gasteiger partial charge in [-0.05, 0) is 65.0 Å². The van der Waals surface area contributed by atoms with Crippen LogP contribution in [0.4, 0.5) is 0 Å². The number of hydrogen-bond donors (Lipinski definition) is 2. The number of hydrogen-bond acceptors (Lipinski definition) is 10. The molecule has 14 heteroatoms. The van der Waals surface area contributed by atoms with Crippen LogP contribution < -0.4 is 0 Å². The van der Waals surface area contributed by atoms with E-state index in [0.29, 0.717) is 0 Å². The summed E-state index contributed by atoms with van der Waals surface area (Å²) < 4.78 is 45.3. The van der Waals surface area contributed by atoms with Crippen molar-refractivity contribution in [2.24, 2.45) is 0 Å². The van der Waals surface area contributed by atoms with E-state index in [1.54, 1.807) is 28.4 Å². The smallest absolute Gasteiger partial charge is 0.363 e. The normalized spacial score (nSPS) is 12.0. The predicted octanol–water partition coefficient (Wildman–Crippen LogP) is 26.7. The molecule has 0 unspecified atom stereocenters. The zero-order chi connectivity index (χ0) is 70.3. The summed E-state index contributed by atoms with van der Waals surface area (Å²) in [6.07, 6.45) is 78.1. The molecule has 0 bridgehead atoms. The van der Waals surface area contributed by atoms with Crippen molar-refractivity contribution in [2.45, 2.75) is 452 Å². The molecule has 0 heterocycles. The SMILES string of the molecule is CCCCCCCCCCCCCCCCCC[Si](C)(OCC)OCC.CCCCCCCCCCCCCCCCCC[Si](CO)(OC)OC.CCCCCCCCCCCCCC[Si](C)(OCC)OCC.CCCCCCCCCCCCCC[Si](CO)(OC)OC. The van der Waals surface area contributed by atoms with E-state index >= 15 is 0 Å². The minimum atomic E-state index is -2.27. The maximum atomic E-state index is 9.41. The van der Waals surface area contributed by atoms with Crippen LogP contribution in [0.1, 0.15) is 415 Å². The molecule has 2 N–H and O–H groups in total. The summed E-state index contributed by atoms with van der Waals surface area (Å²) in [6.45, 7) is 25.1. The second-order valence-electron chi connectivity index (χ2n) is 28.3. The number of aliphatic hydroxyl groups is 2. The summed E-state index contributed by atoms with van der Waals surface area (Å²) >= 11 is 0. The summed E-state index contributed by atoms with van der Waals surface area (Å²) in [4.78, 5) is 0. The molecule has 0 rings (SSSR count). The van der Waals surface area contributed by atoms with Crippen LogP contribution >= 0.6 is 0 Å². The van der Waals surface area contributed by atoms with E-state index in [1.165, 1.54) is 347 Å². The maximum absolute atomic E-state index is 9.41. The lowest BCUT2D eigenvalue weighted by atomic mass is 10.0. The van der Waals surface area contributed by atoms with Crippen LogP contribution in [0.5, 0.6) is 0 Å². The van der Waals surface area contributed by atoms with Crippen molar-refractivity contribution in [3.05, 3.63) is 0 Å². The second-order valence-corrected chi connectivity index (χ2v) is 41.9. The molecule has 0 radical (unpaired) electrons. The highest BCUT2D eigenvalue weighted by Crippen LogP contribution is 2.24. The fourth-order valence-corrected chi connectivity index (χ4v) is 21.6. The summed E-state index contributed by atoms with van der Waals surface area (Å²) in [6, 6.07) is 4.14. The standard InChI is InChI=1S/C23H50O2Si.C21H46O3Si.C19H42O2Si.C17H38O3Si/c1-5-8-9-10-11-12-13-14-15-16-17-18-19-20-21-22-23-26(4,24-6-2)25-7-3;1-4-5-6-7-8-9-10-11-12-13-14-15-16-17-18-19-20-25(21-22,23-2)24-3;1-5-8-9-10-11-12-13-14-15-16-17-18-19-22(4,20-6-2)21-7-3;1-4-5-6-7-8-9-10-11-12-13-14-15-16-21(17-18,19-2)20-3/h5-23H2,1-4H3;22H,4-21H2,1-3H3;5-19H2,1-4H3;18H,4-17H2,1-3H3. The zero-order valence-corrected chi connectivity index (χ0v) is 70.8. The molecule has 0 amide bonds. The maximum Gasteiger partial charge on any atom is 0.363 e. The summed E-state index contributed by atoms with van der Waals surface area (Å²) in [5.41, 5.74) is 0. The zero-order valence-electron chi connectivity index (χ0n) is 66.8. The van der Waals surface area contributed by atoms with Crippen LogP contribution in [0.15, 0.2) is 0 Å². The Hall–Kier alpha value is 0.468. The molecule has 0 aliphatic carbocycles. The highest BCUT2D eigenvalue weighted by Gasteiger charge is 2.35. The van der Waals surface area contributed by atoms with E-state index in [9.17, 15) is 10.2 Å². The predicted molar refractivity (Wildman–Crippen MR) is 424 cm³/mol. The van der Waals surface area contributed by atoms with Gasteiger partial charge in [0, 0.05) is 54.9 Å². The highest BCUT2D eigenvalue weighted by molar-refractivity contribution is 6.67. The van der Waals surface area contributed by atoms with E-state index in [4.69, 9.17) is 35.4 Å². The van der Waals surface area contributed by atoms with Gasteiger partial charge in [-0.2, -0.15) is 0 Å². The number of rotatable bonds is 74. The molecule has 0 spiro atoms. The van der Waals surface area contributed by atoms with E-state index < -0.39 is 34.2 Å². The van der Waals surface area contributed by atoms with Gasteiger partial charge in [0.15, 0.2) is 0 Å². The third kappa shape index (κ3) is 73.7. The molecule has 94 heavy (non-hydrogen) atoms. The summed E-state index contributed by atoms with van der Waals surface area (Å²) in [7, 11) is -1.58. The molecule has 0 aliphatic rings. The van der Waals surface area contributed by atoms with Gasteiger partial charge in [0.2, 0.25) is 0 Å². The molecule has 10 nitrogen and oxygen atoms in total. The number of aliphatic hydroxyl groups excluding tert-OH is 2. The van der Waals surface area contributed by atoms with E-state index in [2.05, 4.69) is 68.5 Å². The van der Waals surface area contributed by atoms with E-state index in [-0.39, 0.29) is 12.5 Å². The first-order chi connectivity index (χ1) is 45.8. The number of unbranched alkanes of at least 4 members (excludes halogenated alkanes) is 52. The average molecular weight is 1410 g/mol. The molecule has 0 aromatic rings. The molecule has 0 saturated carbocycles. The van der Waals surface area contributed by atoms with Gasteiger partial charge in [-0.3, -0.25) is 0 Å². The van der Waals surface area contributed by atoms with Crippen molar-refractivity contribution in [1.82, 2.24) is 0 Å². The molecule has 0 aromatic heterocycles. The molecule has 0 atom stereocenters. The quantitative estimate of drug-likeness (QED) is 0.0451. The van der Waals surface area contributed by atoms with Crippen molar-refractivity contribution < 1.29 is 45.6 Å². The first-order valence-corrected chi connectivity index (χ1v) is 51.3. The van der Waals surface area contributed by atoms with Gasteiger partial charge in [0.1, 0.15) is 0 Å². The monoisotopic (exact) mass is 1410 g/mol. The summed E-state index contributed by atoms with van der Waals surface area (Å²) in [5.74, 6) is 0. The van der Waals surface area contributed by atoms with E-state index in [0.717, 1.165) is 63.4 Å². The topological polar surface area (TPSA) is 114 Å². The van der Waals surface area contributed by atoms with Crippen LogP contribution in [-0.2, 0) is 35.4 Å². The first-order valence-electron chi connectivity index (χ1n) is 41.8. The molecule has 0 aliphatic heterocycles. The molecular formula is C80H176O10Si4. The lowest BCUT2D eigenvalue weighted by molar-refractivity contribution is 0.187. The molecule has 0 saturated heterocycles. The van der Waals surface area contributed by atoms with Crippen LogP contribution in [0.2, 0.25) is 37.3 Å². The average Bonchev–Trinajstić information content (AvgIpc) is 1.33. The fourth-order valence-electron chi connectivity index (χ4n) is 13.0. The van der Waals surface area contributed by atoms with Crippen LogP contribution in [0, 0.1) is 0 Å². The first kappa shape index (κ1) is 101. The molecule has 0 fully saturated rings. The van der Waals surface area contributed by atoms with Crippen molar-refractivity contribution in [2.75, 3.05) is 67.3 Å². The Morgan fingerprint density at radius 1 is 0.191 bits per heavy atom. The van der Waals surface area contributed by atoms with Gasteiger partial charge in [0.25, 0.3) is 0 Å². The van der Waals surface area contributed by atoms with Crippen LogP contribution in [0.3, 0.4) is 0 Å². The lowest BCUT2D eigenvalue weighted by Gasteiger charge is -2.25. The minimum Gasteiger partial charge on any atom is -0.396 e. The fraction of sp³-hybridized carbons (Fsp3) is 1.00. The van der Waals surface area contributed by atoms with Gasteiger partial charge >= 0.3 is 34.2 Å². The van der Waals surface area contributed by atoms with Gasteiger partial charge in [-0.25, -0.2) is 0 Å². The Kier molecular flexibility index (Phi) is 88.4. The van der Waals surface area contributed by atoms with Crippen molar-refractivity contribution in [1.29, 1.82) is 0 Å². The lowest BCUT2D eigenvalue weighted by Crippen LogP contribution is -2.44. The Morgan fingerprint density at radius 3 is 0.436 bits per heavy atom. The second kappa shape index (κ2) is 82.4. The summed E-state index contributed by atoms with van der Waals surface area (Å²) in [5, 5.41) is 18.8. The van der Waals surface area contributed by atoms with Crippen LogP contribution in [0.25, 0.3) is 0 Å². The largest absolute Gasteiger partial charge is 0.396 e. The van der Waals surface area contributed by atoms with Gasteiger partial charge in [-0.1, -0.05) is 387 Å². The Bertz CT molecular complexity index is 1320. The minimum absolute atomic E-state index is 0.0675. The van der Waals surface area contributed by atoms with Crippen molar-refractivity contribution >= 4 is 34.2 Å². The Labute approximate surface area is 596 Å². The highest BCUT2D eigenvalue weighted by atomic mass is 28.4. The molecule has 0 aromatic carbocycles. The van der Waals surface area contributed by atoms with Gasteiger partial charge in [0.05, 0.1) is 12.5 Å². The third-order valence-corrected chi connectivity index (χ3v) is 31.9. The Balaban J connectivity index is -0.000000577. The molecule has 572 valence electrons. The molecular weight excluding hydrogens is 1230 g/mol. The van der Waals surface area contributed by atoms with Crippen molar-refractivity contribution in [3.63, 3.8) is 0 Å². The van der Waals surface area contributed by atoms with Crippen LogP contribution in [-0.4, -0.2) is 112 Å². The Morgan fingerprint density at radius 2 is 0.319 bits per heavy atom.